The van der Waals surface area contributed by atoms with Gasteiger partial charge in [-0.05, 0) is 133 Å². The first-order valence-electron chi connectivity index (χ1n) is 19.7. The summed E-state index contributed by atoms with van der Waals surface area (Å²) < 4.78 is 0. The molecule has 4 aliphatic rings. The van der Waals surface area contributed by atoms with Gasteiger partial charge in [-0.25, -0.2) is 0 Å². The fraction of sp³-hybridized carbons (Fsp3) is 0.192. The molecule has 6 bridgehead atoms. The third-order valence-electron chi connectivity index (χ3n) is 13.0. The quantitative estimate of drug-likeness (QED) is 0.167. The van der Waals surface area contributed by atoms with Gasteiger partial charge < -0.3 is 4.90 Å². The number of hydrogen-bond acceptors (Lipinski definition) is 1. The number of hydrogen-bond donors (Lipinski definition) is 0. The van der Waals surface area contributed by atoms with Gasteiger partial charge in [-0.2, -0.15) is 0 Å². The monoisotopic (exact) mass is 681 g/mol. The summed E-state index contributed by atoms with van der Waals surface area (Å²) in [5.41, 5.74) is 24.0. The molecule has 1 fully saturated rings. The second-order valence-electron chi connectivity index (χ2n) is 16.2. The van der Waals surface area contributed by atoms with Gasteiger partial charge in [0.2, 0.25) is 0 Å². The second-order valence-corrected chi connectivity index (χ2v) is 16.2. The molecule has 0 aliphatic heterocycles. The summed E-state index contributed by atoms with van der Waals surface area (Å²) in [7, 11) is 0. The van der Waals surface area contributed by atoms with Crippen LogP contribution in [0.5, 0.6) is 0 Å². The highest BCUT2D eigenvalue weighted by Gasteiger charge is 2.37. The van der Waals surface area contributed by atoms with E-state index in [1.807, 2.05) is 0 Å². The van der Waals surface area contributed by atoms with Crippen LogP contribution < -0.4 is 4.90 Å². The summed E-state index contributed by atoms with van der Waals surface area (Å²) >= 11 is 0. The SMILES string of the molecule is CC1(C)c2ccccc2-c2ccc(N(c3ccc4c(c3)-c3c5cccc3-c3cccc-4c3-c3ccccc3-5)c3ccccc3C3CCCCCC3)cc21. The molecule has 0 spiro atoms. The fourth-order valence-electron chi connectivity index (χ4n) is 10.5. The van der Waals surface area contributed by atoms with Crippen LogP contribution in [0, 0.1) is 0 Å². The molecule has 11 rings (SSSR count). The summed E-state index contributed by atoms with van der Waals surface area (Å²) in [4.78, 5) is 2.60. The van der Waals surface area contributed by atoms with Gasteiger partial charge in [0.25, 0.3) is 0 Å². The Hall–Kier alpha value is -5.66. The second kappa shape index (κ2) is 11.7. The molecular formula is C52H43N. The summed E-state index contributed by atoms with van der Waals surface area (Å²) in [5, 5.41) is 0. The molecule has 1 saturated carbocycles. The lowest BCUT2D eigenvalue weighted by atomic mass is 9.82. The third kappa shape index (κ3) is 4.50. The molecular weight excluding hydrogens is 639 g/mol. The summed E-state index contributed by atoms with van der Waals surface area (Å²) in [6.07, 6.45) is 7.84. The molecule has 7 aromatic carbocycles. The third-order valence-corrected chi connectivity index (χ3v) is 13.0. The molecule has 1 nitrogen and oxygen atoms in total. The molecule has 0 saturated heterocycles. The van der Waals surface area contributed by atoms with Gasteiger partial charge in [-0.3, -0.25) is 0 Å². The van der Waals surface area contributed by atoms with Crippen LogP contribution in [0.25, 0.3) is 66.8 Å². The zero-order valence-corrected chi connectivity index (χ0v) is 30.6. The van der Waals surface area contributed by atoms with Crippen molar-refractivity contribution in [2.75, 3.05) is 4.90 Å². The number of rotatable bonds is 4. The van der Waals surface area contributed by atoms with Crippen LogP contribution >= 0.6 is 0 Å². The zero-order chi connectivity index (χ0) is 35.3. The molecule has 4 aliphatic carbocycles. The van der Waals surface area contributed by atoms with Crippen LogP contribution in [0.15, 0.2) is 146 Å². The van der Waals surface area contributed by atoms with E-state index in [0.717, 1.165) is 0 Å². The predicted octanol–water partition coefficient (Wildman–Crippen LogP) is 14.9. The Labute approximate surface area is 313 Å². The molecule has 0 radical (unpaired) electrons. The van der Waals surface area contributed by atoms with Crippen molar-refractivity contribution in [3.8, 4) is 66.8 Å². The lowest BCUT2D eigenvalue weighted by molar-refractivity contribution is 0.593. The number of benzene rings is 7. The Kier molecular flexibility index (Phi) is 6.81. The molecule has 7 aromatic rings. The van der Waals surface area contributed by atoms with E-state index in [9.17, 15) is 0 Å². The standard InChI is InChI=1S/C52H43N/c1-52(2)47-25-11-9-19-39(47)40-30-28-35(32-48(40)52)53(49-26-12-10-17-36(49)33-15-5-3-4-6-16-33)34-27-29-38-43-22-14-23-44-45-24-13-21-42(51(45)46(38)31-34)37-18-7-8-20-41(37)50(43)44/h7-14,17-33H,3-6,15-16H2,1-2H3. The molecule has 256 valence electrons. The van der Waals surface area contributed by atoms with E-state index in [2.05, 4.69) is 164 Å². The van der Waals surface area contributed by atoms with E-state index >= 15 is 0 Å². The van der Waals surface area contributed by atoms with Gasteiger partial charge in [0.15, 0.2) is 0 Å². The molecule has 0 atom stereocenters. The Morgan fingerprint density at radius 3 is 1.66 bits per heavy atom. The van der Waals surface area contributed by atoms with Gasteiger partial charge in [-0.15, -0.1) is 0 Å². The highest BCUT2D eigenvalue weighted by atomic mass is 15.1. The van der Waals surface area contributed by atoms with Crippen LogP contribution in [0.2, 0.25) is 0 Å². The molecule has 0 heterocycles. The predicted molar refractivity (Wildman–Crippen MR) is 223 cm³/mol. The Morgan fingerprint density at radius 1 is 0.415 bits per heavy atom. The van der Waals surface area contributed by atoms with Gasteiger partial charge in [-0.1, -0.05) is 155 Å². The summed E-state index contributed by atoms with van der Waals surface area (Å²) in [6, 6.07) is 55.8. The van der Waals surface area contributed by atoms with Crippen molar-refractivity contribution in [2.24, 2.45) is 0 Å². The Balaban J connectivity index is 1.17. The summed E-state index contributed by atoms with van der Waals surface area (Å²) in [6.45, 7) is 4.79. The van der Waals surface area contributed by atoms with Gasteiger partial charge in [0, 0.05) is 22.5 Å². The number of anilines is 3. The number of fused-ring (bicyclic) bond motifs is 7. The van der Waals surface area contributed by atoms with E-state index in [0.29, 0.717) is 5.92 Å². The minimum absolute atomic E-state index is 0.0825. The smallest absolute Gasteiger partial charge is 0.0496 e. The lowest BCUT2D eigenvalue weighted by Crippen LogP contribution is -2.17. The average Bonchev–Trinajstić information content (AvgIpc) is 3.40. The Morgan fingerprint density at radius 2 is 0.925 bits per heavy atom. The first kappa shape index (κ1) is 30.9. The van der Waals surface area contributed by atoms with Crippen molar-refractivity contribution in [2.45, 2.75) is 63.7 Å². The average molecular weight is 682 g/mol. The minimum atomic E-state index is -0.0825. The zero-order valence-electron chi connectivity index (χ0n) is 30.6. The van der Waals surface area contributed by atoms with E-state index in [-0.39, 0.29) is 5.41 Å². The minimum Gasteiger partial charge on any atom is -0.310 e. The number of para-hydroxylation sites is 1. The van der Waals surface area contributed by atoms with Crippen molar-refractivity contribution in [1.29, 1.82) is 0 Å². The first-order valence-corrected chi connectivity index (χ1v) is 19.7. The Bertz CT molecular complexity index is 2590. The van der Waals surface area contributed by atoms with Crippen molar-refractivity contribution in [3.05, 3.63) is 162 Å². The molecule has 53 heavy (non-hydrogen) atoms. The van der Waals surface area contributed by atoms with Crippen LogP contribution in [0.4, 0.5) is 17.1 Å². The van der Waals surface area contributed by atoms with Crippen LogP contribution in [-0.4, -0.2) is 0 Å². The maximum Gasteiger partial charge on any atom is 0.0496 e. The molecule has 1 heteroatoms. The highest BCUT2D eigenvalue weighted by molar-refractivity contribution is 6.15. The topological polar surface area (TPSA) is 3.24 Å². The van der Waals surface area contributed by atoms with Crippen molar-refractivity contribution >= 4 is 17.1 Å². The number of nitrogens with zero attached hydrogens (tertiary/aromatic N) is 1. The van der Waals surface area contributed by atoms with Crippen molar-refractivity contribution in [1.82, 2.24) is 0 Å². The largest absolute Gasteiger partial charge is 0.310 e. The normalized spacial score (nSPS) is 15.7. The van der Waals surface area contributed by atoms with E-state index in [1.54, 1.807) is 0 Å². The lowest BCUT2D eigenvalue weighted by Gasteiger charge is -2.32. The van der Waals surface area contributed by atoms with Crippen molar-refractivity contribution in [3.63, 3.8) is 0 Å². The van der Waals surface area contributed by atoms with E-state index in [4.69, 9.17) is 0 Å². The summed E-state index contributed by atoms with van der Waals surface area (Å²) in [5.74, 6) is 0.561. The van der Waals surface area contributed by atoms with Crippen LogP contribution in [-0.2, 0) is 5.41 Å². The van der Waals surface area contributed by atoms with Gasteiger partial charge in [0.05, 0.1) is 0 Å². The first-order chi connectivity index (χ1) is 26.1. The molecule has 0 N–H and O–H groups in total. The van der Waals surface area contributed by atoms with Crippen molar-refractivity contribution < 1.29 is 0 Å². The maximum atomic E-state index is 2.60. The highest BCUT2D eigenvalue weighted by Crippen LogP contribution is 2.58. The van der Waals surface area contributed by atoms with E-state index < -0.39 is 0 Å². The molecule has 0 amide bonds. The van der Waals surface area contributed by atoms with Gasteiger partial charge in [0.1, 0.15) is 0 Å². The van der Waals surface area contributed by atoms with Crippen LogP contribution in [0.1, 0.15) is 75.0 Å². The van der Waals surface area contributed by atoms with Gasteiger partial charge >= 0.3 is 0 Å². The van der Waals surface area contributed by atoms with E-state index in [1.165, 1.54) is 139 Å². The molecule has 0 unspecified atom stereocenters. The maximum absolute atomic E-state index is 2.60. The fourth-order valence-corrected chi connectivity index (χ4v) is 10.5. The van der Waals surface area contributed by atoms with Crippen LogP contribution in [0.3, 0.4) is 0 Å². The molecule has 0 aromatic heterocycles.